The van der Waals surface area contributed by atoms with Crippen LogP contribution >= 0.6 is 0 Å². The van der Waals surface area contributed by atoms with Crippen molar-refractivity contribution in [3.05, 3.63) is 23.8 Å². The highest BCUT2D eigenvalue weighted by Crippen LogP contribution is 2.38. The normalized spacial score (nSPS) is 15.2. The lowest BCUT2D eigenvalue weighted by atomic mass is 9.98. The first kappa shape index (κ1) is 16.4. The Hall–Kier alpha value is -1.95. The predicted molar refractivity (Wildman–Crippen MR) is 78.9 cm³/mol. The van der Waals surface area contributed by atoms with E-state index in [1.54, 1.807) is 0 Å². The summed E-state index contributed by atoms with van der Waals surface area (Å²) in [7, 11) is 4.47. The van der Waals surface area contributed by atoms with Crippen molar-refractivity contribution in [3.63, 3.8) is 0 Å². The highest BCUT2D eigenvalue weighted by molar-refractivity contribution is 5.90. The monoisotopic (exact) mass is 309 g/mol. The van der Waals surface area contributed by atoms with Gasteiger partial charge in [-0.2, -0.15) is 4.89 Å². The highest BCUT2D eigenvalue weighted by Gasteiger charge is 2.21. The summed E-state index contributed by atoms with van der Waals surface area (Å²) in [6, 6.07) is 3.05. The average Bonchev–Trinajstić information content (AvgIpc) is 2.59. The number of hydrogen-bond donors (Lipinski definition) is 0. The molecule has 0 saturated heterocycles. The molecular formula is C16H21O6. The van der Waals surface area contributed by atoms with Crippen molar-refractivity contribution in [2.75, 3.05) is 21.3 Å². The molecule has 6 nitrogen and oxygen atoms in total. The number of benzene rings is 1. The molecule has 1 aliphatic rings. The van der Waals surface area contributed by atoms with Crippen molar-refractivity contribution < 1.29 is 28.8 Å². The second kappa shape index (κ2) is 7.89. The first-order chi connectivity index (χ1) is 10.7. The van der Waals surface area contributed by atoms with Gasteiger partial charge < -0.3 is 14.2 Å². The van der Waals surface area contributed by atoms with Gasteiger partial charge in [0.05, 0.1) is 26.9 Å². The molecule has 0 N–H and O–H groups in total. The van der Waals surface area contributed by atoms with E-state index in [2.05, 4.69) is 0 Å². The molecule has 0 bridgehead atoms. The molecule has 0 amide bonds. The predicted octanol–water partition coefficient (Wildman–Crippen LogP) is 3.30. The van der Waals surface area contributed by atoms with Gasteiger partial charge in [0.25, 0.3) is 0 Å². The molecule has 0 aliphatic heterocycles. The van der Waals surface area contributed by atoms with Crippen LogP contribution in [0.4, 0.5) is 0 Å². The molecule has 0 spiro atoms. The summed E-state index contributed by atoms with van der Waals surface area (Å²) in [5, 5.41) is 0. The van der Waals surface area contributed by atoms with Crippen molar-refractivity contribution >= 4 is 5.97 Å². The Morgan fingerprint density at radius 2 is 1.50 bits per heavy atom. The van der Waals surface area contributed by atoms with E-state index < -0.39 is 5.97 Å². The SMILES string of the molecule is COc1cc(C(=O)OO[C]2CCCCC2)cc(OC)c1OC. The van der Waals surface area contributed by atoms with Crippen LogP contribution in [0.1, 0.15) is 42.5 Å². The summed E-state index contributed by atoms with van der Waals surface area (Å²) in [4.78, 5) is 22.2. The van der Waals surface area contributed by atoms with Crippen LogP contribution in [0.25, 0.3) is 0 Å². The number of rotatable bonds is 6. The second-order valence-electron chi connectivity index (χ2n) is 4.97. The van der Waals surface area contributed by atoms with Gasteiger partial charge in [0.15, 0.2) is 11.5 Å². The summed E-state index contributed by atoms with van der Waals surface area (Å²) in [5.41, 5.74) is 0.269. The Bertz CT molecular complexity index is 482. The van der Waals surface area contributed by atoms with Crippen LogP contribution in [0.3, 0.4) is 0 Å². The lowest BCUT2D eigenvalue weighted by Crippen LogP contribution is -2.13. The van der Waals surface area contributed by atoms with Crippen molar-refractivity contribution in [2.24, 2.45) is 0 Å². The minimum absolute atomic E-state index is 0.269. The van der Waals surface area contributed by atoms with E-state index in [0.717, 1.165) is 31.8 Å². The largest absolute Gasteiger partial charge is 0.493 e. The van der Waals surface area contributed by atoms with Gasteiger partial charge in [0.2, 0.25) is 5.75 Å². The number of carbonyl (C=O) groups is 1. The van der Waals surface area contributed by atoms with E-state index >= 15 is 0 Å². The number of carbonyl (C=O) groups excluding carboxylic acids is 1. The molecule has 1 aliphatic carbocycles. The summed E-state index contributed by atoms with van der Waals surface area (Å²) in [5.74, 6) is 0.597. The van der Waals surface area contributed by atoms with Gasteiger partial charge in [-0.15, -0.1) is 0 Å². The first-order valence-electron chi connectivity index (χ1n) is 7.23. The van der Waals surface area contributed by atoms with Gasteiger partial charge in [0, 0.05) is 0 Å². The Kier molecular flexibility index (Phi) is 5.89. The minimum atomic E-state index is -0.600. The van der Waals surface area contributed by atoms with E-state index in [1.165, 1.54) is 39.9 Å². The van der Waals surface area contributed by atoms with Crippen LogP contribution in [0.2, 0.25) is 0 Å². The maximum absolute atomic E-state index is 12.1. The van der Waals surface area contributed by atoms with Gasteiger partial charge in [0.1, 0.15) is 6.10 Å². The lowest BCUT2D eigenvalue weighted by molar-refractivity contribution is -0.239. The smallest absolute Gasteiger partial charge is 0.373 e. The Morgan fingerprint density at radius 1 is 0.909 bits per heavy atom. The van der Waals surface area contributed by atoms with Crippen LogP contribution in [0, 0.1) is 6.10 Å². The van der Waals surface area contributed by atoms with Crippen LogP contribution in [-0.2, 0) is 9.78 Å². The molecule has 0 atom stereocenters. The van der Waals surface area contributed by atoms with Crippen LogP contribution in [-0.4, -0.2) is 27.3 Å². The standard InChI is InChI=1S/C16H21O6/c1-18-13-9-11(10-14(19-2)15(13)20-3)16(17)22-21-12-7-5-4-6-8-12/h9-10H,4-8H2,1-3H3. The molecule has 1 saturated carbocycles. The fourth-order valence-corrected chi connectivity index (χ4v) is 2.37. The van der Waals surface area contributed by atoms with Gasteiger partial charge >= 0.3 is 5.97 Å². The number of hydrogen-bond acceptors (Lipinski definition) is 6. The second-order valence-corrected chi connectivity index (χ2v) is 4.97. The van der Waals surface area contributed by atoms with Crippen molar-refractivity contribution in [2.45, 2.75) is 32.1 Å². The van der Waals surface area contributed by atoms with E-state index in [9.17, 15) is 4.79 Å². The third-order valence-corrected chi connectivity index (χ3v) is 3.55. The third-order valence-electron chi connectivity index (χ3n) is 3.55. The Balaban J connectivity index is 2.08. The fourth-order valence-electron chi connectivity index (χ4n) is 2.37. The molecular weight excluding hydrogens is 288 g/mol. The zero-order valence-corrected chi connectivity index (χ0v) is 13.1. The summed E-state index contributed by atoms with van der Waals surface area (Å²) < 4.78 is 15.6. The Labute approximate surface area is 130 Å². The van der Waals surface area contributed by atoms with Gasteiger partial charge in [-0.05, 0) is 25.0 Å². The summed E-state index contributed by atoms with van der Waals surface area (Å²) in [6.45, 7) is 0. The van der Waals surface area contributed by atoms with E-state index in [4.69, 9.17) is 24.0 Å². The first-order valence-corrected chi connectivity index (χ1v) is 7.23. The van der Waals surface area contributed by atoms with E-state index in [1.807, 2.05) is 0 Å². The van der Waals surface area contributed by atoms with Gasteiger partial charge in [-0.1, -0.05) is 19.3 Å². The molecule has 1 radical (unpaired) electrons. The zero-order chi connectivity index (χ0) is 15.9. The highest BCUT2D eigenvalue weighted by atomic mass is 17.2. The number of methoxy groups -OCH3 is 3. The quantitative estimate of drug-likeness (QED) is 0.593. The van der Waals surface area contributed by atoms with Crippen LogP contribution in [0.5, 0.6) is 17.2 Å². The summed E-state index contributed by atoms with van der Waals surface area (Å²) >= 11 is 0. The molecule has 2 rings (SSSR count). The zero-order valence-electron chi connectivity index (χ0n) is 13.1. The molecule has 0 heterocycles. The van der Waals surface area contributed by atoms with Crippen molar-refractivity contribution in [1.29, 1.82) is 0 Å². The van der Waals surface area contributed by atoms with E-state index in [-0.39, 0.29) is 5.56 Å². The summed E-state index contributed by atoms with van der Waals surface area (Å²) in [6.07, 6.45) is 5.81. The van der Waals surface area contributed by atoms with Crippen LogP contribution < -0.4 is 14.2 Å². The van der Waals surface area contributed by atoms with Crippen LogP contribution in [0.15, 0.2) is 12.1 Å². The van der Waals surface area contributed by atoms with Gasteiger partial charge in [-0.25, -0.2) is 4.79 Å². The van der Waals surface area contributed by atoms with Gasteiger partial charge in [-0.3, -0.25) is 4.89 Å². The lowest BCUT2D eigenvalue weighted by Gasteiger charge is -2.19. The maximum atomic E-state index is 12.1. The van der Waals surface area contributed by atoms with Crippen molar-refractivity contribution in [1.82, 2.24) is 0 Å². The fraction of sp³-hybridized carbons (Fsp3) is 0.500. The third kappa shape index (κ3) is 3.82. The Morgan fingerprint density at radius 3 is 2.00 bits per heavy atom. The minimum Gasteiger partial charge on any atom is -0.493 e. The maximum Gasteiger partial charge on any atom is 0.373 e. The topological polar surface area (TPSA) is 63.2 Å². The molecule has 1 aromatic rings. The molecule has 0 aromatic heterocycles. The molecule has 0 unspecified atom stereocenters. The number of ether oxygens (including phenoxy) is 3. The molecule has 1 aromatic carbocycles. The van der Waals surface area contributed by atoms with E-state index in [0.29, 0.717) is 17.2 Å². The van der Waals surface area contributed by atoms with Crippen molar-refractivity contribution in [3.8, 4) is 17.2 Å². The molecule has 121 valence electrons. The molecule has 1 fully saturated rings. The average molecular weight is 309 g/mol. The molecule has 6 heteroatoms. The molecule has 22 heavy (non-hydrogen) atoms.